The first-order valence-corrected chi connectivity index (χ1v) is 9.43. The van der Waals surface area contributed by atoms with Gasteiger partial charge in [-0.25, -0.2) is 0 Å². The summed E-state index contributed by atoms with van der Waals surface area (Å²) in [7, 11) is 0. The minimum absolute atomic E-state index is 0. The van der Waals surface area contributed by atoms with E-state index >= 15 is 0 Å². The number of hydrogen-bond acceptors (Lipinski definition) is 4. The smallest absolute Gasteiger partial charge is 0.258 e. The van der Waals surface area contributed by atoms with E-state index in [1.807, 2.05) is 54.6 Å². The van der Waals surface area contributed by atoms with Gasteiger partial charge in [-0.15, -0.1) is 12.4 Å². The molecule has 29 heavy (non-hydrogen) atoms. The molecular formula is C23H21ClN2O3. The van der Waals surface area contributed by atoms with E-state index in [9.17, 15) is 4.79 Å². The van der Waals surface area contributed by atoms with Crippen molar-refractivity contribution in [2.45, 2.75) is 19.6 Å². The number of benzene rings is 2. The number of nitrogens with one attached hydrogen (secondary N) is 1. The van der Waals surface area contributed by atoms with Crippen molar-refractivity contribution in [3.63, 3.8) is 0 Å². The summed E-state index contributed by atoms with van der Waals surface area (Å²) in [5, 5.41) is 4.49. The molecule has 148 valence electrons. The van der Waals surface area contributed by atoms with Crippen LogP contribution in [0.5, 0.6) is 5.75 Å². The van der Waals surface area contributed by atoms with Gasteiger partial charge in [0, 0.05) is 48.8 Å². The maximum atomic E-state index is 12.6. The van der Waals surface area contributed by atoms with Crippen LogP contribution in [-0.4, -0.2) is 11.1 Å². The van der Waals surface area contributed by atoms with Gasteiger partial charge in [0.05, 0.1) is 5.69 Å². The Labute approximate surface area is 174 Å². The van der Waals surface area contributed by atoms with Crippen LogP contribution < -0.4 is 15.6 Å². The summed E-state index contributed by atoms with van der Waals surface area (Å²) in [6.07, 6.45) is 2.64. The zero-order chi connectivity index (χ0) is 18.9. The van der Waals surface area contributed by atoms with Gasteiger partial charge in [0.15, 0.2) is 0 Å². The second-order valence-corrected chi connectivity index (χ2v) is 6.96. The molecule has 3 heterocycles. The molecule has 0 radical (unpaired) electrons. The second-order valence-electron chi connectivity index (χ2n) is 6.96. The number of ether oxygens (including phenoxy) is 1. The van der Waals surface area contributed by atoms with E-state index in [0.717, 1.165) is 47.5 Å². The Morgan fingerprint density at radius 3 is 2.76 bits per heavy atom. The van der Waals surface area contributed by atoms with E-state index < -0.39 is 0 Å². The van der Waals surface area contributed by atoms with Crippen LogP contribution in [0.4, 0.5) is 0 Å². The lowest BCUT2D eigenvalue weighted by molar-refractivity contribution is 0.305. The SMILES string of the molecule is Cl.O=c1cc(OCc2ccccc2)ccn1-c1ccc2c3c(oc2c1)CCNC3. The van der Waals surface area contributed by atoms with Crippen LogP contribution in [0, 0.1) is 0 Å². The molecule has 0 unspecified atom stereocenters. The quantitative estimate of drug-likeness (QED) is 0.549. The van der Waals surface area contributed by atoms with Gasteiger partial charge in [-0.1, -0.05) is 30.3 Å². The van der Waals surface area contributed by atoms with Crippen LogP contribution in [0.3, 0.4) is 0 Å². The summed E-state index contributed by atoms with van der Waals surface area (Å²) in [6, 6.07) is 19.1. The Morgan fingerprint density at radius 2 is 1.93 bits per heavy atom. The van der Waals surface area contributed by atoms with Crippen molar-refractivity contribution >= 4 is 23.4 Å². The fourth-order valence-electron chi connectivity index (χ4n) is 3.65. The van der Waals surface area contributed by atoms with E-state index in [-0.39, 0.29) is 18.0 Å². The molecule has 0 saturated heterocycles. The van der Waals surface area contributed by atoms with Crippen molar-refractivity contribution in [3.05, 3.63) is 94.1 Å². The zero-order valence-corrected chi connectivity index (χ0v) is 16.6. The molecule has 1 aliphatic heterocycles. The molecule has 0 fully saturated rings. The fourth-order valence-corrected chi connectivity index (χ4v) is 3.65. The van der Waals surface area contributed by atoms with Crippen molar-refractivity contribution in [1.29, 1.82) is 0 Å². The number of hydrogen-bond donors (Lipinski definition) is 1. The molecule has 0 saturated carbocycles. The van der Waals surface area contributed by atoms with Crippen LogP contribution in [0.2, 0.25) is 0 Å². The van der Waals surface area contributed by atoms with Gasteiger partial charge in [-0.3, -0.25) is 9.36 Å². The molecule has 0 spiro atoms. The summed E-state index contributed by atoms with van der Waals surface area (Å²) in [4.78, 5) is 12.6. The number of halogens is 1. The van der Waals surface area contributed by atoms with Crippen LogP contribution in [0.15, 0.2) is 76.1 Å². The average Bonchev–Trinajstić information content (AvgIpc) is 3.11. The third kappa shape index (κ3) is 3.79. The molecule has 4 aromatic rings. The lowest BCUT2D eigenvalue weighted by atomic mass is 10.1. The maximum Gasteiger partial charge on any atom is 0.258 e. The molecule has 5 nitrogen and oxygen atoms in total. The minimum atomic E-state index is -0.136. The van der Waals surface area contributed by atoms with Gasteiger partial charge in [-0.2, -0.15) is 0 Å². The topological polar surface area (TPSA) is 56.4 Å². The molecule has 1 aliphatic rings. The van der Waals surface area contributed by atoms with E-state index in [2.05, 4.69) is 5.32 Å². The molecule has 2 aromatic heterocycles. The maximum absolute atomic E-state index is 12.6. The number of rotatable bonds is 4. The highest BCUT2D eigenvalue weighted by Crippen LogP contribution is 2.29. The predicted molar refractivity (Wildman–Crippen MR) is 115 cm³/mol. The Bertz CT molecular complexity index is 1200. The van der Waals surface area contributed by atoms with Gasteiger partial charge in [0.2, 0.25) is 0 Å². The van der Waals surface area contributed by atoms with E-state index in [1.54, 1.807) is 10.8 Å². The van der Waals surface area contributed by atoms with E-state index in [4.69, 9.17) is 9.15 Å². The first-order valence-electron chi connectivity index (χ1n) is 9.43. The summed E-state index contributed by atoms with van der Waals surface area (Å²) in [5.41, 5.74) is 3.76. The Hall–Kier alpha value is -3.02. The van der Waals surface area contributed by atoms with Crippen molar-refractivity contribution in [2.24, 2.45) is 0 Å². The normalized spacial score (nSPS) is 13.0. The molecule has 0 aliphatic carbocycles. The third-order valence-electron chi connectivity index (χ3n) is 5.11. The lowest BCUT2D eigenvalue weighted by Gasteiger charge is -2.10. The Kier molecular flexibility index (Phi) is 5.43. The summed E-state index contributed by atoms with van der Waals surface area (Å²) in [6.45, 7) is 2.20. The van der Waals surface area contributed by atoms with Crippen LogP contribution in [-0.2, 0) is 19.6 Å². The summed E-state index contributed by atoms with van der Waals surface area (Å²) in [5.74, 6) is 1.61. The van der Waals surface area contributed by atoms with Gasteiger partial charge in [0.25, 0.3) is 5.56 Å². The highest BCUT2D eigenvalue weighted by atomic mass is 35.5. The fraction of sp³-hybridized carbons (Fsp3) is 0.174. The van der Waals surface area contributed by atoms with Crippen molar-refractivity contribution < 1.29 is 9.15 Å². The largest absolute Gasteiger partial charge is 0.489 e. The van der Waals surface area contributed by atoms with Gasteiger partial charge < -0.3 is 14.5 Å². The Morgan fingerprint density at radius 1 is 1.07 bits per heavy atom. The summed E-state index contributed by atoms with van der Waals surface area (Å²) >= 11 is 0. The molecule has 0 atom stereocenters. The van der Waals surface area contributed by atoms with Crippen LogP contribution >= 0.6 is 12.4 Å². The zero-order valence-electron chi connectivity index (χ0n) is 15.8. The molecule has 1 N–H and O–H groups in total. The minimum Gasteiger partial charge on any atom is -0.489 e. The van der Waals surface area contributed by atoms with Gasteiger partial charge in [0.1, 0.15) is 23.7 Å². The molecule has 0 bridgehead atoms. The van der Waals surface area contributed by atoms with Gasteiger partial charge in [-0.05, 0) is 23.8 Å². The van der Waals surface area contributed by atoms with Crippen molar-refractivity contribution in [1.82, 2.24) is 9.88 Å². The van der Waals surface area contributed by atoms with Crippen LogP contribution in [0.1, 0.15) is 16.9 Å². The number of aromatic nitrogens is 1. The van der Waals surface area contributed by atoms with Crippen molar-refractivity contribution in [3.8, 4) is 11.4 Å². The highest BCUT2D eigenvalue weighted by molar-refractivity contribution is 5.85. The predicted octanol–water partition coefficient (Wildman–Crippen LogP) is 4.23. The second kappa shape index (κ2) is 8.15. The highest BCUT2D eigenvalue weighted by Gasteiger charge is 2.17. The number of furan rings is 1. The molecule has 5 rings (SSSR count). The lowest BCUT2D eigenvalue weighted by Crippen LogP contribution is -2.22. The van der Waals surface area contributed by atoms with Gasteiger partial charge >= 0.3 is 0 Å². The standard InChI is InChI=1S/C23H20N2O3.ClH/c26-23-13-18(27-15-16-4-2-1-3-5-16)9-11-25(23)17-6-7-19-20-14-24-10-8-21(20)28-22(19)12-17;/h1-7,9,11-13,24H,8,10,14-15H2;1H. The summed E-state index contributed by atoms with van der Waals surface area (Å²) < 4.78 is 13.4. The Balaban J connectivity index is 0.00000205. The first-order chi connectivity index (χ1) is 13.8. The average molecular weight is 409 g/mol. The molecule has 0 amide bonds. The van der Waals surface area contributed by atoms with Crippen LogP contribution in [0.25, 0.3) is 16.7 Å². The van der Waals surface area contributed by atoms with E-state index in [0.29, 0.717) is 12.4 Å². The third-order valence-corrected chi connectivity index (χ3v) is 5.11. The monoisotopic (exact) mass is 408 g/mol. The molecule has 2 aromatic carbocycles. The number of nitrogens with zero attached hydrogens (tertiary/aromatic N) is 1. The first kappa shape index (κ1) is 19.3. The van der Waals surface area contributed by atoms with Crippen molar-refractivity contribution in [2.75, 3.05) is 6.54 Å². The molecular weight excluding hydrogens is 388 g/mol. The number of pyridine rings is 1. The number of fused-ring (bicyclic) bond motifs is 3. The van der Waals surface area contributed by atoms with E-state index in [1.165, 1.54) is 11.6 Å². The molecule has 6 heteroatoms.